The van der Waals surface area contributed by atoms with Gasteiger partial charge in [0.2, 0.25) is 5.91 Å². The molecule has 17 heavy (non-hydrogen) atoms. The third kappa shape index (κ3) is 1.80. The molecule has 4 aliphatic carbocycles. The third-order valence-electron chi connectivity index (χ3n) is 5.56. The predicted octanol–water partition coefficient (Wildman–Crippen LogP) is 2.97. The molecule has 2 heteroatoms. The molecule has 0 radical (unpaired) electrons. The van der Waals surface area contributed by atoms with E-state index in [0.29, 0.717) is 0 Å². The maximum Gasteiger partial charge on any atom is 0.217 e. The van der Waals surface area contributed by atoms with Crippen molar-refractivity contribution < 1.29 is 4.79 Å². The number of nitrogens with one attached hydrogen (secondary N) is 1. The van der Waals surface area contributed by atoms with E-state index in [0.717, 1.165) is 29.6 Å². The Kier molecular flexibility index (Phi) is 2.53. The molecule has 0 aromatic carbocycles. The van der Waals surface area contributed by atoms with Crippen molar-refractivity contribution in [1.82, 2.24) is 5.32 Å². The number of carbonyl (C=O) groups excluding carboxylic acids is 1. The Labute approximate surface area is 105 Å². The molecule has 0 heterocycles. The molecule has 4 fully saturated rings. The Balaban J connectivity index is 1.84. The summed E-state index contributed by atoms with van der Waals surface area (Å²) >= 11 is 0. The molecule has 2 atom stereocenters. The van der Waals surface area contributed by atoms with Gasteiger partial charge in [0.05, 0.1) is 0 Å². The lowest BCUT2D eigenvalue weighted by Gasteiger charge is -2.61. The maximum atomic E-state index is 11.4. The van der Waals surface area contributed by atoms with Crippen LogP contribution >= 0.6 is 0 Å². The van der Waals surface area contributed by atoms with Crippen molar-refractivity contribution in [1.29, 1.82) is 0 Å². The van der Waals surface area contributed by atoms with Crippen molar-refractivity contribution in [3.05, 3.63) is 0 Å². The van der Waals surface area contributed by atoms with Gasteiger partial charge in [0.25, 0.3) is 0 Å². The highest BCUT2D eigenvalue weighted by Crippen LogP contribution is 2.59. The van der Waals surface area contributed by atoms with Crippen LogP contribution in [0.1, 0.15) is 52.9 Å². The Morgan fingerprint density at radius 3 is 2.24 bits per heavy atom. The first kappa shape index (κ1) is 11.6. The third-order valence-corrected chi connectivity index (χ3v) is 5.56. The Morgan fingerprint density at radius 2 is 1.76 bits per heavy atom. The molecule has 4 rings (SSSR count). The van der Waals surface area contributed by atoms with E-state index in [9.17, 15) is 4.79 Å². The molecule has 0 aromatic heterocycles. The van der Waals surface area contributed by atoms with Crippen molar-refractivity contribution in [2.45, 2.75) is 58.4 Å². The van der Waals surface area contributed by atoms with Gasteiger partial charge in [-0.05, 0) is 61.7 Å². The lowest BCUT2D eigenvalue weighted by molar-refractivity contribution is -0.128. The van der Waals surface area contributed by atoms with E-state index in [1.54, 1.807) is 6.92 Å². The summed E-state index contributed by atoms with van der Waals surface area (Å²) in [6, 6.07) is 0. The molecule has 4 bridgehead atoms. The van der Waals surface area contributed by atoms with Gasteiger partial charge in [-0.2, -0.15) is 0 Å². The average molecular weight is 235 g/mol. The minimum absolute atomic E-state index is 0.174. The Bertz CT molecular complexity index is 320. The van der Waals surface area contributed by atoms with Crippen LogP contribution in [0.15, 0.2) is 0 Å². The number of rotatable bonds is 2. The highest BCUT2D eigenvalue weighted by atomic mass is 16.1. The molecule has 1 amide bonds. The number of amides is 1. The molecular formula is C15H25NO. The van der Waals surface area contributed by atoms with Gasteiger partial charge in [0.1, 0.15) is 0 Å². The van der Waals surface area contributed by atoms with Crippen LogP contribution in [0.4, 0.5) is 0 Å². The van der Waals surface area contributed by atoms with Crippen LogP contribution < -0.4 is 5.32 Å². The highest BCUT2D eigenvalue weighted by Gasteiger charge is 2.55. The fraction of sp³-hybridized carbons (Fsp3) is 0.933. The van der Waals surface area contributed by atoms with Crippen LogP contribution in [0.3, 0.4) is 0 Å². The first-order chi connectivity index (χ1) is 7.99. The highest BCUT2D eigenvalue weighted by molar-refractivity contribution is 5.74. The minimum atomic E-state index is 0.174. The Morgan fingerprint density at radius 1 is 1.18 bits per heavy atom. The normalized spacial score (nSPS) is 47.5. The van der Waals surface area contributed by atoms with Gasteiger partial charge in [-0.3, -0.25) is 4.79 Å². The zero-order valence-electron chi connectivity index (χ0n) is 11.3. The van der Waals surface area contributed by atoms with Crippen LogP contribution in [-0.4, -0.2) is 11.4 Å². The number of hydrogen-bond donors (Lipinski definition) is 1. The molecular weight excluding hydrogens is 210 g/mol. The number of carbonyl (C=O) groups is 1. The standard InChI is InChI=1S/C15H25NO/c1-9(2)14-12-4-11-5-13(14)8-15(6-11,7-12)16-10(3)17/h9,11-14H,4-8H2,1-3H3,(H,16,17)/t11?,12?,13?,14-,15-. The van der Waals surface area contributed by atoms with Crippen molar-refractivity contribution in [3.63, 3.8) is 0 Å². The molecule has 2 nitrogen and oxygen atoms in total. The van der Waals surface area contributed by atoms with Crippen LogP contribution in [0.5, 0.6) is 0 Å². The summed E-state index contributed by atoms with van der Waals surface area (Å²) < 4.78 is 0. The quantitative estimate of drug-likeness (QED) is 0.783. The van der Waals surface area contributed by atoms with E-state index in [2.05, 4.69) is 19.2 Å². The molecule has 0 aromatic rings. The molecule has 0 saturated heterocycles. The molecule has 4 saturated carbocycles. The van der Waals surface area contributed by atoms with E-state index in [1.165, 1.54) is 32.1 Å². The second-order valence-corrected chi connectivity index (χ2v) is 7.25. The van der Waals surface area contributed by atoms with E-state index in [1.807, 2.05) is 0 Å². The van der Waals surface area contributed by atoms with Crippen LogP contribution in [-0.2, 0) is 4.79 Å². The summed E-state index contributed by atoms with van der Waals surface area (Å²) in [4.78, 5) is 11.4. The van der Waals surface area contributed by atoms with Gasteiger partial charge >= 0.3 is 0 Å². The first-order valence-electron chi connectivity index (χ1n) is 7.28. The zero-order valence-corrected chi connectivity index (χ0v) is 11.3. The molecule has 0 aliphatic heterocycles. The topological polar surface area (TPSA) is 29.1 Å². The fourth-order valence-electron chi connectivity index (χ4n) is 5.68. The molecule has 2 unspecified atom stereocenters. The molecule has 4 aliphatic rings. The summed E-state index contributed by atoms with van der Waals surface area (Å²) in [5.74, 6) is 4.58. The second kappa shape index (κ2) is 3.73. The van der Waals surface area contributed by atoms with Gasteiger partial charge < -0.3 is 5.32 Å². The largest absolute Gasteiger partial charge is 0.351 e. The summed E-state index contributed by atoms with van der Waals surface area (Å²) in [7, 11) is 0. The van der Waals surface area contributed by atoms with Crippen LogP contribution in [0.25, 0.3) is 0 Å². The van der Waals surface area contributed by atoms with Gasteiger partial charge in [-0.25, -0.2) is 0 Å². The summed E-state index contributed by atoms with van der Waals surface area (Å²) in [5.41, 5.74) is 0.188. The molecule has 1 N–H and O–H groups in total. The fourth-order valence-corrected chi connectivity index (χ4v) is 5.68. The van der Waals surface area contributed by atoms with Crippen LogP contribution in [0.2, 0.25) is 0 Å². The van der Waals surface area contributed by atoms with Crippen LogP contribution in [0, 0.1) is 29.6 Å². The van der Waals surface area contributed by atoms with Gasteiger partial charge in [0.15, 0.2) is 0 Å². The van der Waals surface area contributed by atoms with E-state index >= 15 is 0 Å². The lowest BCUT2D eigenvalue weighted by Crippen LogP contribution is -2.62. The summed E-state index contributed by atoms with van der Waals surface area (Å²) in [6.45, 7) is 6.45. The van der Waals surface area contributed by atoms with E-state index in [4.69, 9.17) is 0 Å². The average Bonchev–Trinajstić information content (AvgIpc) is 2.11. The number of hydrogen-bond acceptors (Lipinski definition) is 1. The second-order valence-electron chi connectivity index (χ2n) is 7.25. The van der Waals surface area contributed by atoms with Gasteiger partial charge in [-0.1, -0.05) is 13.8 Å². The van der Waals surface area contributed by atoms with Gasteiger partial charge in [0, 0.05) is 12.5 Å². The first-order valence-corrected chi connectivity index (χ1v) is 7.28. The van der Waals surface area contributed by atoms with Crippen molar-refractivity contribution in [2.75, 3.05) is 0 Å². The Hall–Kier alpha value is -0.530. The monoisotopic (exact) mass is 235 g/mol. The van der Waals surface area contributed by atoms with Gasteiger partial charge in [-0.15, -0.1) is 0 Å². The minimum Gasteiger partial charge on any atom is -0.351 e. The molecule has 0 spiro atoms. The van der Waals surface area contributed by atoms with Crippen molar-refractivity contribution in [2.24, 2.45) is 29.6 Å². The van der Waals surface area contributed by atoms with Crippen molar-refractivity contribution >= 4 is 5.91 Å². The lowest BCUT2D eigenvalue weighted by atomic mass is 9.47. The van der Waals surface area contributed by atoms with Crippen molar-refractivity contribution in [3.8, 4) is 0 Å². The SMILES string of the molecule is CC(=O)N[C@]12CC3CC(C1)[C@@H](C(C)C)C(C3)C2. The zero-order chi connectivity index (χ0) is 12.2. The van der Waals surface area contributed by atoms with E-state index in [-0.39, 0.29) is 11.4 Å². The summed E-state index contributed by atoms with van der Waals surface area (Å²) in [6.07, 6.45) is 6.62. The molecule has 96 valence electrons. The maximum absolute atomic E-state index is 11.4. The summed E-state index contributed by atoms with van der Waals surface area (Å²) in [5, 5.41) is 3.31. The smallest absolute Gasteiger partial charge is 0.217 e. The predicted molar refractivity (Wildman–Crippen MR) is 68.4 cm³/mol. The van der Waals surface area contributed by atoms with E-state index < -0.39 is 0 Å².